The maximum absolute atomic E-state index is 5.56. The lowest BCUT2D eigenvalue weighted by Gasteiger charge is -2.05. The van der Waals surface area contributed by atoms with Crippen molar-refractivity contribution in [3.8, 4) is 11.6 Å². The monoisotopic (exact) mass is 243 g/mol. The summed E-state index contributed by atoms with van der Waals surface area (Å²) in [5, 5.41) is 0. The van der Waals surface area contributed by atoms with E-state index >= 15 is 0 Å². The second-order valence-corrected chi connectivity index (χ2v) is 4.13. The van der Waals surface area contributed by atoms with Crippen molar-refractivity contribution in [3.05, 3.63) is 42.2 Å². The highest BCUT2D eigenvalue weighted by Crippen LogP contribution is 2.19. The third kappa shape index (κ3) is 3.45. The highest BCUT2D eigenvalue weighted by atomic mass is 16.5. The maximum Gasteiger partial charge on any atom is 0.237 e. The molecule has 0 unspecified atom stereocenters. The predicted octanol–water partition coefficient (Wildman–Crippen LogP) is 3.19. The first-order valence-corrected chi connectivity index (χ1v) is 6.12. The fourth-order valence-corrected chi connectivity index (χ4v) is 1.60. The zero-order valence-electron chi connectivity index (χ0n) is 10.5. The number of anilines is 1. The zero-order chi connectivity index (χ0) is 12.8. The molecule has 0 saturated carbocycles. The van der Waals surface area contributed by atoms with Gasteiger partial charge in [0.1, 0.15) is 11.6 Å². The minimum absolute atomic E-state index is 0.386. The number of nitrogens with two attached hydrogens (primary N) is 1. The summed E-state index contributed by atoms with van der Waals surface area (Å²) in [6, 6.07) is 8.05. The van der Waals surface area contributed by atoms with Crippen molar-refractivity contribution in [1.82, 2.24) is 9.97 Å². The van der Waals surface area contributed by atoms with E-state index in [0.29, 0.717) is 11.7 Å². The van der Waals surface area contributed by atoms with Gasteiger partial charge in [0, 0.05) is 0 Å². The van der Waals surface area contributed by atoms with Crippen LogP contribution in [0.5, 0.6) is 11.6 Å². The Kier molecular flexibility index (Phi) is 4.12. The molecule has 0 radical (unpaired) electrons. The number of ether oxygens (including phenoxy) is 1. The quantitative estimate of drug-likeness (QED) is 0.876. The topological polar surface area (TPSA) is 61.0 Å². The van der Waals surface area contributed by atoms with Gasteiger partial charge in [0.2, 0.25) is 5.88 Å². The molecule has 1 aromatic heterocycles. The first-order valence-electron chi connectivity index (χ1n) is 6.12. The first-order chi connectivity index (χ1) is 8.78. The molecule has 0 spiro atoms. The van der Waals surface area contributed by atoms with Crippen molar-refractivity contribution in [3.63, 3.8) is 0 Å². The number of unbranched alkanes of at least 4 members (excludes halogenated alkanes) is 1. The second kappa shape index (κ2) is 6.00. The fourth-order valence-electron chi connectivity index (χ4n) is 1.60. The molecular formula is C14H17N3O. The van der Waals surface area contributed by atoms with Crippen molar-refractivity contribution in [2.75, 3.05) is 5.73 Å². The minimum Gasteiger partial charge on any atom is -0.438 e. The Morgan fingerprint density at radius 3 is 2.50 bits per heavy atom. The molecule has 4 nitrogen and oxygen atoms in total. The van der Waals surface area contributed by atoms with Crippen LogP contribution >= 0.6 is 0 Å². The van der Waals surface area contributed by atoms with Crippen LogP contribution in [0.15, 0.2) is 36.7 Å². The van der Waals surface area contributed by atoms with E-state index in [1.165, 1.54) is 30.8 Å². The zero-order valence-corrected chi connectivity index (χ0v) is 10.5. The van der Waals surface area contributed by atoms with E-state index in [1.807, 2.05) is 12.1 Å². The van der Waals surface area contributed by atoms with Gasteiger partial charge >= 0.3 is 0 Å². The van der Waals surface area contributed by atoms with Crippen molar-refractivity contribution < 1.29 is 4.74 Å². The molecule has 0 aliphatic carbocycles. The van der Waals surface area contributed by atoms with Crippen LogP contribution in [0.3, 0.4) is 0 Å². The van der Waals surface area contributed by atoms with Gasteiger partial charge < -0.3 is 10.5 Å². The van der Waals surface area contributed by atoms with Gasteiger partial charge in [-0.05, 0) is 30.5 Å². The van der Waals surface area contributed by atoms with Gasteiger partial charge in [-0.3, -0.25) is 0 Å². The molecule has 1 aromatic carbocycles. The van der Waals surface area contributed by atoms with Crippen LogP contribution in [-0.2, 0) is 6.42 Å². The molecule has 2 N–H and O–H groups in total. The molecule has 4 heteroatoms. The smallest absolute Gasteiger partial charge is 0.237 e. The summed E-state index contributed by atoms with van der Waals surface area (Å²) in [6.45, 7) is 2.19. The first kappa shape index (κ1) is 12.4. The molecule has 0 aliphatic heterocycles. The highest BCUT2D eigenvalue weighted by molar-refractivity contribution is 5.31. The lowest BCUT2D eigenvalue weighted by molar-refractivity contribution is 0.460. The fraction of sp³-hybridized carbons (Fsp3) is 0.286. The Labute approximate surface area is 107 Å². The van der Waals surface area contributed by atoms with Crippen LogP contribution in [0.1, 0.15) is 25.3 Å². The standard InChI is InChI=1S/C14H17N3O/c1-2-3-4-11-5-7-12(8-6-11)18-14-10-16-13(15)9-17-14/h5-10H,2-4H2,1H3,(H2,15,16). The highest BCUT2D eigenvalue weighted by Gasteiger charge is 1.99. The van der Waals surface area contributed by atoms with Gasteiger partial charge in [-0.25, -0.2) is 9.97 Å². The van der Waals surface area contributed by atoms with E-state index < -0.39 is 0 Å². The molecule has 0 aliphatic rings. The Morgan fingerprint density at radius 1 is 1.11 bits per heavy atom. The third-order valence-corrected chi connectivity index (χ3v) is 2.61. The van der Waals surface area contributed by atoms with Gasteiger partial charge in [-0.2, -0.15) is 0 Å². The molecule has 2 aromatic rings. The third-order valence-electron chi connectivity index (χ3n) is 2.61. The van der Waals surface area contributed by atoms with Crippen molar-refractivity contribution in [2.24, 2.45) is 0 Å². The number of rotatable bonds is 5. The van der Waals surface area contributed by atoms with Crippen LogP contribution < -0.4 is 10.5 Å². The van der Waals surface area contributed by atoms with Gasteiger partial charge in [-0.15, -0.1) is 0 Å². The van der Waals surface area contributed by atoms with E-state index in [2.05, 4.69) is 29.0 Å². The number of nitrogens with zero attached hydrogens (tertiary/aromatic N) is 2. The average Bonchev–Trinajstić information content (AvgIpc) is 2.41. The Hall–Kier alpha value is -2.10. The molecule has 2 rings (SSSR count). The molecule has 0 amide bonds. The molecule has 0 bridgehead atoms. The van der Waals surface area contributed by atoms with Gasteiger partial charge in [0.05, 0.1) is 12.4 Å². The molecular weight excluding hydrogens is 226 g/mol. The number of aryl methyl sites for hydroxylation is 1. The van der Waals surface area contributed by atoms with Crippen LogP contribution in [-0.4, -0.2) is 9.97 Å². The van der Waals surface area contributed by atoms with Crippen LogP contribution in [0, 0.1) is 0 Å². The van der Waals surface area contributed by atoms with Crippen molar-refractivity contribution in [1.29, 1.82) is 0 Å². The normalized spacial score (nSPS) is 10.3. The summed E-state index contributed by atoms with van der Waals surface area (Å²) < 4.78 is 5.56. The number of hydrogen-bond donors (Lipinski definition) is 1. The molecule has 0 fully saturated rings. The summed E-state index contributed by atoms with van der Waals surface area (Å²) >= 11 is 0. The Bertz CT molecular complexity index is 479. The van der Waals surface area contributed by atoms with Crippen molar-refractivity contribution >= 4 is 5.82 Å². The summed E-state index contributed by atoms with van der Waals surface area (Å²) in [4.78, 5) is 7.96. The van der Waals surface area contributed by atoms with E-state index in [-0.39, 0.29) is 0 Å². The summed E-state index contributed by atoms with van der Waals surface area (Å²) in [6.07, 6.45) is 6.52. The largest absolute Gasteiger partial charge is 0.438 e. The average molecular weight is 243 g/mol. The summed E-state index contributed by atoms with van der Waals surface area (Å²) in [5.74, 6) is 1.59. The predicted molar refractivity (Wildman–Crippen MR) is 71.6 cm³/mol. The van der Waals surface area contributed by atoms with Crippen LogP contribution in [0.2, 0.25) is 0 Å². The SMILES string of the molecule is CCCCc1ccc(Oc2cnc(N)cn2)cc1. The van der Waals surface area contributed by atoms with Crippen LogP contribution in [0.4, 0.5) is 5.82 Å². The van der Waals surface area contributed by atoms with Gasteiger partial charge in [0.15, 0.2) is 0 Å². The molecule has 1 heterocycles. The van der Waals surface area contributed by atoms with Crippen molar-refractivity contribution in [2.45, 2.75) is 26.2 Å². The van der Waals surface area contributed by atoms with E-state index in [9.17, 15) is 0 Å². The molecule has 94 valence electrons. The number of aromatic nitrogens is 2. The lowest BCUT2D eigenvalue weighted by Crippen LogP contribution is -1.93. The van der Waals surface area contributed by atoms with Gasteiger partial charge in [0.25, 0.3) is 0 Å². The van der Waals surface area contributed by atoms with Crippen LogP contribution in [0.25, 0.3) is 0 Å². The minimum atomic E-state index is 0.386. The number of benzene rings is 1. The summed E-state index contributed by atoms with van der Waals surface area (Å²) in [5.41, 5.74) is 6.78. The summed E-state index contributed by atoms with van der Waals surface area (Å²) in [7, 11) is 0. The van der Waals surface area contributed by atoms with E-state index in [0.717, 1.165) is 12.2 Å². The number of nitrogen functional groups attached to an aromatic ring is 1. The maximum atomic E-state index is 5.56. The molecule has 0 atom stereocenters. The Morgan fingerprint density at radius 2 is 1.89 bits per heavy atom. The second-order valence-electron chi connectivity index (χ2n) is 4.13. The van der Waals surface area contributed by atoms with E-state index in [4.69, 9.17) is 10.5 Å². The Balaban J connectivity index is 1.99. The van der Waals surface area contributed by atoms with E-state index in [1.54, 1.807) is 0 Å². The molecule has 18 heavy (non-hydrogen) atoms. The van der Waals surface area contributed by atoms with Gasteiger partial charge in [-0.1, -0.05) is 25.5 Å². The number of hydrogen-bond acceptors (Lipinski definition) is 4. The molecule has 0 saturated heterocycles. The lowest BCUT2D eigenvalue weighted by atomic mass is 10.1.